The van der Waals surface area contributed by atoms with Crippen LogP contribution in [-0.4, -0.2) is 37.0 Å². The van der Waals surface area contributed by atoms with Gasteiger partial charge < -0.3 is 19.5 Å². The molecule has 1 heterocycles. The molecule has 0 saturated heterocycles. The summed E-state index contributed by atoms with van der Waals surface area (Å²) in [6.07, 6.45) is 1.37. The van der Waals surface area contributed by atoms with Crippen LogP contribution in [0.4, 0.5) is 5.82 Å². The number of carbonyl (C=O) groups is 1. The molecule has 2 aromatic rings. The van der Waals surface area contributed by atoms with Gasteiger partial charge in [-0.05, 0) is 31.9 Å². The van der Waals surface area contributed by atoms with Gasteiger partial charge in [0.05, 0.1) is 42.0 Å². The number of rotatable bonds is 5. The molecular formula is C15H14Br2N4O4. The number of aromatic nitrogens is 2. The lowest BCUT2D eigenvalue weighted by molar-refractivity contribution is 0.102. The maximum Gasteiger partial charge on any atom is 0.259 e. The third-order valence-corrected chi connectivity index (χ3v) is 4.89. The highest BCUT2D eigenvalue weighted by Crippen LogP contribution is 2.50. The van der Waals surface area contributed by atoms with Gasteiger partial charge in [-0.3, -0.25) is 9.48 Å². The molecule has 0 unspecified atom stereocenters. The highest BCUT2D eigenvalue weighted by atomic mass is 79.9. The van der Waals surface area contributed by atoms with E-state index in [4.69, 9.17) is 19.5 Å². The van der Waals surface area contributed by atoms with E-state index in [0.717, 1.165) is 0 Å². The predicted octanol–water partition coefficient (Wildman–Crippen LogP) is 3.09. The lowest BCUT2D eigenvalue weighted by Gasteiger charge is -2.19. The summed E-state index contributed by atoms with van der Waals surface area (Å²) in [6, 6.07) is 1.97. The van der Waals surface area contributed by atoms with E-state index in [-0.39, 0.29) is 16.9 Å². The first-order valence-electron chi connectivity index (χ1n) is 6.81. The first-order valence-corrected chi connectivity index (χ1v) is 8.40. The third kappa shape index (κ3) is 3.29. The molecule has 0 aliphatic rings. The number of aryl methyl sites for hydroxylation is 1. The van der Waals surface area contributed by atoms with Crippen LogP contribution in [0.3, 0.4) is 0 Å². The molecule has 0 fully saturated rings. The Kier molecular flexibility index (Phi) is 5.92. The zero-order valence-electron chi connectivity index (χ0n) is 13.8. The van der Waals surface area contributed by atoms with Gasteiger partial charge in [0.2, 0.25) is 5.75 Å². The standard InChI is InChI=1S/C15H14Br2N4O4/c1-21-14(7(5-18)6-19-21)20-15(22)8-9(16)11(23-2)13(25-4)12(24-3)10(8)17/h6H,1-4H3,(H,20,22). The normalized spacial score (nSPS) is 10.1. The second-order valence-corrected chi connectivity index (χ2v) is 6.29. The van der Waals surface area contributed by atoms with E-state index < -0.39 is 5.91 Å². The monoisotopic (exact) mass is 472 g/mol. The van der Waals surface area contributed by atoms with Crippen LogP contribution in [0.1, 0.15) is 15.9 Å². The summed E-state index contributed by atoms with van der Waals surface area (Å²) < 4.78 is 18.1. The van der Waals surface area contributed by atoms with Crippen LogP contribution in [0.25, 0.3) is 0 Å². The van der Waals surface area contributed by atoms with Crippen molar-refractivity contribution in [1.82, 2.24) is 9.78 Å². The largest absolute Gasteiger partial charge is 0.492 e. The summed E-state index contributed by atoms with van der Waals surface area (Å²) in [5, 5.41) is 15.8. The van der Waals surface area contributed by atoms with Gasteiger partial charge in [0.25, 0.3) is 5.91 Å². The number of hydrogen-bond donors (Lipinski definition) is 1. The Bertz CT molecular complexity index is 842. The maximum absolute atomic E-state index is 12.8. The van der Waals surface area contributed by atoms with E-state index >= 15 is 0 Å². The molecular weight excluding hydrogens is 460 g/mol. The molecule has 0 atom stereocenters. The minimum absolute atomic E-state index is 0.222. The van der Waals surface area contributed by atoms with E-state index in [9.17, 15) is 4.79 Å². The molecule has 132 valence electrons. The fourth-order valence-corrected chi connectivity index (χ4v) is 3.92. The molecule has 0 aliphatic carbocycles. The Morgan fingerprint density at radius 3 is 2.12 bits per heavy atom. The number of carbonyl (C=O) groups excluding carboxylic acids is 1. The quantitative estimate of drug-likeness (QED) is 0.716. The zero-order chi connectivity index (χ0) is 18.7. The highest BCUT2D eigenvalue weighted by molar-refractivity contribution is 9.11. The smallest absolute Gasteiger partial charge is 0.259 e. The van der Waals surface area contributed by atoms with Crippen LogP contribution in [0, 0.1) is 11.3 Å². The molecule has 0 saturated carbocycles. The van der Waals surface area contributed by atoms with Crippen molar-refractivity contribution < 1.29 is 19.0 Å². The van der Waals surface area contributed by atoms with Gasteiger partial charge in [0.15, 0.2) is 11.5 Å². The summed E-state index contributed by atoms with van der Waals surface area (Å²) in [7, 11) is 5.99. The minimum atomic E-state index is -0.488. The van der Waals surface area contributed by atoms with E-state index in [0.29, 0.717) is 26.2 Å². The van der Waals surface area contributed by atoms with Crippen molar-refractivity contribution in [2.75, 3.05) is 26.6 Å². The van der Waals surface area contributed by atoms with E-state index in [1.165, 1.54) is 32.2 Å². The predicted molar refractivity (Wildman–Crippen MR) is 97.4 cm³/mol. The molecule has 1 N–H and O–H groups in total. The molecule has 2 rings (SSSR count). The Labute approximate surface area is 160 Å². The average Bonchev–Trinajstić information content (AvgIpc) is 2.94. The SMILES string of the molecule is COc1c(Br)c(C(=O)Nc2c(C#N)cnn2C)c(Br)c(OC)c1OC. The Morgan fingerprint density at radius 2 is 1.68 bits per heavy atom. The van der Waals surface area contributed by atoms with Crippen molar-refractivity contribution in [1.29, 1.82) is 5.26 Å². The van der Waals surface area contributed by atoms with Crippen molar-refractivity contribution in [2.24, 2.45) is 7.05 Å². The molecule has 0 aliphatic heterocycles. The van der Waals surface area contributed by atoms with Gasteiger partial charge in [-0.1, -0.05) is 0 Å². The number of halogens is 2. The maximum atomic E-state index is 12.8. The Hall–Kier alpha value is -2.25. The first-order chi connectivity index (χ1) is 11.9. The van der Waals surface area contributed by atoms with Gasteiger partial charge in [-0.2, -0.15) is 10.4 Å². The van der Waals surface area contributed by atoms with Crippen LogP contribution in [0.5, 0.6) is 17.2 Å². The summed E-state index contributed by atoms with van der Waals surface area (Å²) in [5.41, 5.74) is 0.468. The zero-order valence-corrected chi connectivity index (χ0v) is 17.0. The number of benzene rings is 1. The summed E-state index contributed by atoms with van der Waals surface area (Å²) >= 11 is 6.73. The second kappa shape index (κ2) is 7.76. The topological polar surface area (TPSA) is 98.4 Å². The van der Waals surface area contributed by atoms with Crippen molar-refractivity contribution in [3.63, 3.8) is 0 Å². The minimum Gasteiger partial charge on any atom is -0.492 e. The summed E-state index contributed by atoms with van der Waals surface area (Å²) in [4.78, 5) is 12.8. The molecule has 10 heteroatoms. The fourth-order valence-electron chi connectivity index (χ4n) is 2.21. The molecule has 1 aromatic carbocycles. The van der Waals surface area contributed by atoms with Crippen LogP contribution in [0.15, 0.2) is 15.1 Å². The van der Waals surface area contributed by atoms with Crippen LogP contribution in [-0.2, 0) is 7.05 Å². The first kappa shape index (κ1) is 19.1. The van der Waals surface area contributed by atoms with Gasteiger partial charge in [0.1, 0.15) is 17.5 Å². The number of anilines is 1. The van der Waals surface area contributed by atoms with Gasteiger partial charge in [-0.15, -0.1) is 0 Å². The Morgan fingerprint density at radius 1 is 1.16 bits per heavy atom. The average molecular weight is 474 g/mol. The van der Waals surface area contributed by atoms with Crippen molar-refractivity contribution in [2.45, 2.75) is 0 Å². The molecule has 1 amide bonds. The van der Waals surface area contributed by atoms with Crippen molar-refractivity contribution in [3.05, 3.63) is 26.3 Å². The fraction of sp³-hybridized carbons (Fsp3) is 0.267. The number of nitriles is 1. The third-order valence-electron chi connectivity index (χ3n) is 3.38. The number of amides is 1. The molecule has 25 heavy (non-hydrogen) atoms. The molecule has 0 bridgehead atoms. The van der Waals surface area contributed by atoms with E-state index in [1.807, 2.05) is 6.07 Å². The van der Waals surface area contributed by atoms with Gasteiger partial charge in [-0.25, -0.2) is 0 Å². The van der Waals surface area contributed by atoms with Gasteiger partial charge in [0, 0.05) is 7.05 Å². The molecule has 8 nitrogen and oxygen atoms in total. The van der Waals surface area contributed by atoms with E-state index in [1.54, 1.807) is 7.05 Å². The highest BCUT2D eigenvalue weighted by Gasteiger charge is 2.28. The number of ether oxygens (including phenoxy) is 3. The number of nitrogens with zero attached hydrogens (tertiary/aromatic N) is 3. The molecule has 0 radical (unpaired) electrons. The van der Waals surface area contributed by atoms with Gasteiger partial charge >= 0.3 is 0 Å². The van der Waals surface area contributed by atoms with Crippen LogP contribution < -0.4 is 19.5 Å². The Balaban J connectivity index is 2.60. The summed E-state index contributed by atoms with van der Waals surface area (Å²) in [6.45, 7) is 0. The second-order valence-electron chi connectivity index (χ2n) is 4.70. The molecule has 1 aromatic heterocycles. The lowest BCUT2D eigenvalue weighted by Crippen LogP contribution is -2.17. The summed E-state index contributed by atoms with van der Waals surface area (Å²) in [5.74, 6) is 0.730. The van der Waals surface area contributed by atoms with Crippen molar-refractivity contribution >= 4 is 43.6 Å². The molecule has 0 spiro atoms. The van der Waals surface area contributed by atoms with Crippen LogP contribution >= 0.6 is 31.9 Å². The number of nitrogens with one attached hydrogen (secondary N) is 1. The number of hydrogen-bond acceptors (Lipinski definition) is 6. The van der Waals surface area contributed by atoms with E-state index in [2.05, 4.69) is 42.3 Å². The number of methoxy groups -OCH3 is 3. The lowest BCUT2D eigenvalue weighted by atomic mass is 10.1. The van der Waals surface area contributed by atoms with Crippen LogP contribution in [0.2, 0.25) is 0 Å². The van der Waals surface area contributed by atoms with Crippen molar-refractivity contribution in [3.8, 4) is 23.3 Å².